The highest BCUT2D eigenvalue weighted by molar-refractivity contribution is 7.80. The smallest absolute Gasteiger partial charge is 0.397 e. The molecule has 0 unspecified atom stereocenters. The van der Waals surface area contributed by atoms with Crippen molar-refractivity contribution in [2.75, 3.05) is 19.8 Å². The average molecular weight is 731 g/mol. The van der Waals surface area contributed by atoms with E-state index >= 15 is 0 Å². The van der Waals surface area contributed by atoms with Crippen LogP contribution in [0, 0.1) is 0 Å². The standard InChI is InChI=1S/C23H38O24S/c24-1-4-8(27)15(12(31)21(41-4)43-6-3-40-20(36)10(29)7(6)26)44-22-13(32)16(9(28)5(2-25)42-22)45-23-14(33)17(47-48(37,38)39)11(30)18(46-23)19(34)35/h4-18,20-33,36H,1-3H2,(H,34,35)(H,37,38,39)/t4-,5-,6-,7+,8+,9+,10-,11+,12-,13-,14-,15+,16+,17+,18+,20+,21+,22+,23-/m1/s1. The molecule has 4 fully saturated rings. The Hall–Kier alpha value is -1.38. The number of rotatable bonds is 11. The lowest BCUT2D eigenvalue weighted by Crippen LogP contribution is -2.67. The fourth-order valence-electron chi connectivity index (χ4n) is 5.44. The molecule has 0 aromatic rings. The fourth-order valence-corrected chi connectivity index (χ4v) is 5.95. The summed E-state index contributed by atoms with van der Waals surface area (Å²) in [5, 5.41) is 123. The van der Waals surface area contributed by atoms with Gasteiger partial charge in [-0.15, -0.1) is 0 Å². The van der Waals surface area contributed by atoms with Crippen LogP contribution in [0.25, 0.3) is 0 Å². The van der Waals surface area contributed by atoms with Crippen molar-refractivity contribution < 1.29 is 116 Å². The summed E-state index contributed by atoms with van der Waals surface area (Å²) >= 11 is 0. The van der Waals surface area contributed by atoms with E-state index in [1.165, 1.54) is 0 Å². The van der Waals surface area contributed by atoms with Crippen molar-refractivity contribution in [1.29, 1.82) is 0 Å². The molecule has 0 spiro atoms. The van der Waals surface area contributed by atoms with E-state index in [0.29, 0.717) is 0 Å². The van der Waals surface area contributed by atoms with Crippen LogP contribution < -0.4 is 0 Å². The van der Waals surface area contributed by atoms with Crippen molar-refractivity contribution >= 4 is 16.4 Å². The van der Waals surface area contributed by atoms with E-state index in [0.717, 1.165) is 0 Å². The summed E-state index contributed by atoms with van der Waals surface area (Å²) in [5.74, 6) is -1.93. The van der Waals surface area contributed by atoms with E-state index in [1.807, 2.05) is 0 Å². The summed E-state index contributed by atoms with van der Waals surface area (Å²) in [6.45, 7) is -2.46. The van der Waals surface area contributed by atoms with Crippen LogP contribution in [-0.4, -0.2) is 217 Å². The van der Waals surface area contributed by atoms with Gasteiger partial charge < -0.3 is 94.4 Å². The summed E-state index contributed by atoms with van der Waals surface area (Å²) in [6, 6.07) is 0. The molecule has 280 valence electrons. The number of aliphatic carboxylic acids is 1. The van der Waals surface area contributed by atoms with E-state index in [-0.39, 0.29) is 0 Å². The maximum Gasteiger partial charge on any atom is 0.397 e. The average Bonchev–Trinajstić information content (AvgIpc) is 3.02. The van der Waals surface area contributed by atoms with Crippen molar-refractivity contribution in [2.24, 2.45) is 0 Å². The molecule has 48 heavy (non-hydrogen) atoms. The quantitative estimate of drug-likeness (QED) is 0.0877. The van der Waals surface area contributed by atoms with E-state index in [1.54, 1.807) is 0 Å². The molecule has 0 aromatic carbocycles. The van der Waals surface area contributed by atoms with Crippen LogP contribution >= 0.6 is 0 Å². The molecule has 4 saturated heterocycles. The van der Waals surface area contributed by atoms with Gasteiger partial charge in [0.05, 0.1) is 19.8 Å². The number of carbonyl (C=O) groups is 1. The first-order chi connectivity index (χ1) is 22.4. The zero-order valence-corrected chi connectivity index (χ0v) is 25.1. The van der Waals surface area contributed by atoms with Crippen molar-refractivity contribution in [3.8, 4) is 0 Å². The van der Waals surface area contributed by atoms with E-state index in [4.69, 9.17) is 37.7 Å². The van der Waals surface area contributed by atoms with E-state index < -0.39 is 153 Å². The van der Waals surface area contributed by atoms with Crippen LogP contribution in [0.5, 0.6) is 0 Å². The van der Waals surface area contributed by atoms with Gasteiger partial charge in [0, 0.05) is 0 Å². The van der Waals surface area contributed by atoms with Crippen LogP contribution in [0.3, 0.4) is 0 Å². The number of hydrogen-bond donors (Lipinski definition) is 13. The third-order valence-electron chi connectivity index (χ3n) is 8.01. The SMILES string of the molecule is O=C(O)[C@H]1O[C@@H](O[C@H]2[C@@H](O)[C@@H](CO)O[C@@H](O[C@H]3[C@@H](O)[C@@H](CO)O[C@@H](O[C@@H]4CO[C@H](O)[C@H](O)[C@H]4O)[C@@H]3O)[C@@H]2O)[C@H](O)[C@@H](OS(=O)(=O)O)[C@@H]1O. The van der Waals surface area contributed by atoms with Crippen molar-refractivity contribution in [1.82, 2.24) is 0 Å². The molecule has 0 aromatic heterocycles. The third kappa shape index (κ3) is 8.39. The Morgan fingerprint density at radius 1 is 0.625 bits per heavy atom. The highest BCUT2D eigenvalue weighted by atomic mass is 32.3. The number of aliphatic hydroxyl groups is 11. The van der Waals surface area contributed by atoms with Gasteiger partial charge >= 0.3 is 16.4 Å². The lowest BCUT2D eigenvalue weighted by molar-refractivity contribution is -0.384. The molecule has 24 nitrogen and oxygen atoms in total. The van der Waals surface area contributed by atoms with Crippen LogP contribution in [0.4, 0.5) is 0 Å². The number of hydrogen-bond acceptors (Lipinski definition) is 22. The number of carboxylic acids is 1. The van der Waals surface area contributed by atoms with E-state index in [9.17, 15) is 74.5 Å². The molecule has 0 bridgehead atoms. The van der Waals surface area contributed by atoms with Gasteiger partial charge in [0.1, 0.15) is 85.5 Å². The van der Waals surface area contributed by atoms with Gasteiger partial charge in [-0.2, -0.15) is 8.42 Å². The normalized spacial score (nSPS) is 49.0. The lowest BCUT2D eigenvalue weighted by atomic mass is 9.96. The molecule has 4 heterocycles. The minimum absolute atomic E-state index is 0.519. The molecule has 13 N–H and O–H groups in total. The summed E-state index contributed by atoms with van der Waals surface area (Å²) in [7, 11) is -5.42. The van der Waals surface area contributed by atoms with Gasteiger partial charge in [0.2, 0.25) is 0 Å². The van der Waals surface area contributed by atoms with Gasteiger partial charge in [-0.3, -0.25) is 4.55 Å². The Bertz CT molecular complexity index is 1180. The molecule has 4 rings (SSSR count). The molecule has 0 saturated carbocycles. The fraction of sp³-hybridized carbons (Fsp3) is 0.957. The topological polar surface area (TPSA) is 388 Å². The molecule has 0 aliphatic carbocycles. The van der Waals surface area contributed by atoms with Gasteiger partial charge in [0.25, 0.3) is 0 Å². The minimum atomic E-state index is -5.42. The monoisotopic (exact) mass is 730 g/mol. The molecule has 0 amide bonds. The first-order valence-corrected chi connectivity index (χ1v) is 15.5. The van der Waals surface area contributed by atoms with Crippen molar-refractivity contribution in [3.05, 3.63) is 0 Å². The molecule has 4 aliphatic rings. The molecule has 19 atom stereocenters. The highest BCUT2D eigenvalue weighted by Gasteiger charge is 2.56. The zero-order valence-electron chi connectivity index (χ0n) is 24.3. The summed E-state index contributed by atoms with van der Waals surface area (Å²) in [5.41, 5.74) is 0. The number of carboxylic acid groups (broad SMARTS) is 1. The third-order valence-corrected chi connectivity index (χ3v) is 8.47. The Balaban J connectivity index is 1.55. The summed E-state index contributed by atoms with van der Waals surface area (Å²) in [4.78, 5) is 11.6. The number of ether oxygens (including phenoxy) is 7. The first kappa shape index (κ1) is 39.4. The largest absolute Gasteiger partial charge is 0.479 e. The van der Waals surface area contributed by atoms with Crippen LogP contribution in [0.15, 0.2) is 0 Å². The molecular weight excluding hydrogens is 692 g/mol. The molecule has 25 heteroatoms. The van der Waals surface area contributed by atoms with Crippen LogP contribution in [0.1, 0.15) is 0 Å². The van der Waals surface area contributed by atoms with Gasteiger partial charge in [-0.25, -0.2) is 8.98 Å². The van der Waals surface area contributed by atoms with Crippen LogP contribution in [-0.2, 0) is 52.5 Å². The van der Waals surface area contributed by atoms with Crippen molar-refractivity contribution in [3.63, 3.8) is 0 Å². The van der Waals surface area contributed by atoms with Gasteiger partial charge in [-0.1, -0.05) is 0 Å². The second-order valence-corrected chi connectivity index (χ2v) is 12.3. The maximum absolute atomic E-state index is 11.6. The Morgan fingerprint density at radius 3 is 1.54 bits per heavy atom. The van der Waals surface area contributed by atoms with Gasteiger partial charge in [-0.05, 0) is 0 Å². The highest BCUT2D eigenvalue weighted by Crippen LogP contribution is 2.34. The predicted octanol–water partition coefficient (Wildman–Crippen LogP) is -9.19. The second-order valence-electron chi connectivity index (χ2n) is 11.2. The molecular formula is C23H38O24S. The maximum atomic E-state index is 11.6. The van der Waals surface area contributed by atoms with Crippen LogP contribution in [0.2, 0.25) is 0 Å². The predicted molar refractivity (Wildman–Crippen MR) is 139 cm³/mol. The van der Waals surface area contributed by atoms with Gasteiger partial charge in [0.15, 0.2) is 31.3 Å². The zero-order chi connectivity index (χ0) is 35.8. The Kier molecular flexibility index (Phi) is 13.0. The minimum Gasteiger partial charge on any atom is -0.479 e. The lowest BCUT2D eigenvalue weighted by Gasteiger charge is -2.48. The first-order valence-electron chi connectivity index (χ1n) is 14.2. The molecule has 4 aliphatic heterocycles. The number of aliphatic hydroxyl groups excluding tert-OH is 11. The molecule has 0 radical (unpaired) electrons. The Labute approximate surface area is 269 Å². The summed E-state index contributed by atoms with van der Waals surface area (Å²) < 4.78 is 72.8. The van der Waals surface area contributed by atoms with Crippen molar-refractivity contribution in [2.45, 2.75) is 117 Å². The second kappa shape index (κ2) is 15.9. The summed E-state index contributed by atoms with van der Waals surface area (Å²) in [6.07, 6.45) is -38.2. The Morgan fingerprint density at radius 2 is 1.08 bits per heavy atom. The van der Waals surface area contributed by atoms with E-state index in [2.05, 4.69) is 4.18 Å².